The second kappa shape index (κ2) is 12.3. The Labute approximate surface area is 209 Å². The molecule has 5 nitrogen and oxygen atoms in total. The van der Waals surface area contributed by atoms with Crippen LogP contribution in [0.2, 0.25) is 0 Å². The van der Waals surface area contributed by atoms with Gasteiger partial charge in [-0.05, 0) is 74.3 Å². The van der Waals surface area contributed by atoms with Gasteiger partial charge in [-0.25, -0.2) is 4.79 Å². The average Bonchev–Trinajstić information content (AvgIpc) is 2.77. The van der Waals surface area contributed by atoms with Gasteiger partial charge in [0.1, 0.15) is 0 Å². The van der Waals surface area contributed by atoms with Gasteiger partial charge in [-0.15, -0.1) is 0 Å². The molecule has 0 radical (unpaired) electrons. The Kier molecular flexibility index (Phi) is 9.76. The minimum Gasteiger partial charge on any atom is -0.475 e. The van der Waals surface area contributed by atoms with Crippen LogP contribution in [-0.4, -0.2) is 22.8 Å². The Balaban J connectivity index is 1.95. The van der Waals surface area contributed by atoms with Gasteiger partial charge in [0.25, 0.3) is 0 Å². The Morgan fingerprint density at radius 1 is 1.06 bits per heavy atom. The summed E-state index contributed by atoms with van der Waals surface area (Å²) >= 11 is 0. The van der Waals surface area contributed by atoms with Gasteiger partial charge >= 0.3 is 5.97 Å². The van der Waals surface area contributed by atoms with Gasteiger partial charge in [-0.1, -0.05) is 74.4 Å². The number of ketones is 1. The van der Waals surface area contributed by atoms with Crippen LogP contribution in [0.15, 0.2) is 83.0 Å². The van der Waals surface area contributed by atoms with E-state index in [1.165, 1.54) is 36.5 Å². The van der Waals surface area contributed by atoms with E-state index in [2.05, 4.69) is 45.2 Å². The molecule has 0 saturated carbocycles. The smallest absolute Gasteiger partial charge is 0.372 e. The molecule has 0 aromatic heterocycles. The van der Waals surface area contributed by atoms with Gasteiger partial charge in [0.2, 0.25) is 11.7 Å². The quantitative estimate of drug-likeness (QED) is 0.231. The Morgan fingerprint density at radius 3 is 2.31 bits per heavy atom. The van der Waals surface area contributed by atoms with E-state index in [0.29, 0.717) is 11.3 Å². The minimum atomic E-state index is -1.45. The van der Waals surface area contributed by atoms with E-state index in [1.807, 2.05) is 25.2 Å². The number of hydrogen-bond donors (Lipinski definition) is 2. The third kappa shape index (κ3) is 8.36. The summed E-state index contributed by atoms with van der Waals surface area (Å²) in [7, 11) is 0. The molecule has 186 valence electrons. The summed E-state index contributed by atoms with van der Waals surface area (Å²) in [4.78, 5) is 34.8. The zero-order valence-electron chi connectivity index (χ0n) is 21.6. The number of aliphatic carboxylic acids is 1. The molecule has 0 bridgehead atoms. The number of allylic oxidation sites excluding steroid dienone is 9. The van der Waals surface area contributed by atoms with Crippen molar-refractivity contribution in [1.29, 1.82) is 0 Å². The minimum absolute atomic E-state index is 0.218. The fourth-order valence-electron chi connectivity index (χ4n) is 4.26. The molecule has 1 aliphatic carbocycles. The first-order chi connectivity index (χ1) is 16.4. The third-order valence-electron chi connectivity index (χ3n) is 6.41. The molecule has 2 N–H and O–H groups in total. The summed E-state index contributed by atoms with van der Waals surface area (Å²) in [6.45, 7) is 12.3. The van der Waals surface area contributed by atoms with E-state index >= 15 is 0 Å². The van der Waals surface area contributed by atoms with Crippen molar-refractivity contribution in [2.24, 2.45) is 5.41 Å². The lowest BCUT2D eigenvalue weighted by atomic mass is 9.72. The highest BCUT2D eigenvalue weighted by molar-refractivity contribution is 6.34. The molecule has 5 heteroatoms. The van der Waals surface area contributed by atoms with Crippen molar-refractivity contribution >= 4 is 23.3 Å². The van der Waals surface area contributed by atoms with Crippen molar-refractivity contribution in [3.63, 3.8) is 0 Å². The first kappa shape index (κ1) is 27.8. The van der Waals surface area contributed by atoms with E-state index in [0.717, 1.165) is 11.1 Å². The van der Waals surface area contributed by atoms with Crippen LogP contribution >= 0.6 is 0 Å². The maximum atomic E-state index is 12.3. The standard InChI is InChI=1S/C30H37NO4/c1-20(12-17-26-22(3)11-8-18-30(26,5)6)9-7-10-21(2)19-27(32)31-25-15-13-24(14-16-25)23(4)28(33)29(34)35/h7,9-10,12-17,19,23H,8,11,18H2,1-6H3,(H,31,32)(H,34,35). The van der Waals surface area contributed by atoms with E-state index in [9.17, 15) is 14.4 Å². The van der Waals surface area contributed by atoms with Crippen molar-refractivity contribution in [1.82, 2.24) is 0 Å². The molecule has 1 aromatic carbocycles. The van der Waals surface area contributed by atoms with Gasteiger partial charge in [0, 0.05) is 11.8 Å². The Hall–Kier alpha value is -3.47. The molecule has 1 aliphatic rings. The van der Waals surface area contributed by atoms with Gasteiger partial charge in [0.15, 0.2) is 0 Å². The molecule has 35 heavy (non-hydrogen) atoms. The lowest BCUT2D eigenvalue weighted by molar-refractivity contribution is -0.149. The van der Waals surface area contributed by atoms with Gasteiger partial charge < -0.3 is 10.4 Å². The number of rotatable bonds is 9. The molecular weight excluding hydrogens is 438 g/mol. The highest BCUT2D eigenvalue weighted by Gasteiger charge is 2.26. The molecule has 0 spiro atoms. The predicted octanol–water partition coefficient (Wildman–Crippen LogP) is 6.91. The normalized spacial score (nSPS) is 17.7. The van der Waals surface area contributed by atoms with Gasteiger partial charge in [-0.2, -0.15) is 0 Å². The van der Waals surface area contributed by atoms with Crippen LogP contribution < -0.4 is 5.32 Å². The largest absolute Gasteiger partial charge is 0.475 e. The first-order valence-electron chi connectivity index (χ1n) is 12.0. The molecule has 2 rings (SSSR count). The van der Waals surface area contributed by atoms with E-state index in [4.69, 9.17) is 5.11 Å². The van der Waals surface area contributed by atoms with Crippen LogP contribution in [0.25, 0.3) is 0 Å². The number of anilines is 1. The molecule has 1 unspecified atom stereocenters. The fourth-order valence-corrected chi connectivity index (χ4v) is 4.26. The maximum absolute atomic E-state index is 12.3. The number of carboxylic acid groups (broad SMARTS) is 1. The molecule has 0 heterocycles. The number of carbonyl (C=O) groups is 3. The number of hydrogen-bond acceptors (Lipinski definition) is 3. The van der Waals surface area contributed by atoms with Crippen LogP contribution in [-0.2, 0) is 14.4 Å². The second-order valence-electron chi connectivity index (χ2n) is 9.93. The van der Waals surface area contributed by atoms with E-state index in [1.54, 1.807) is 31.2 Å². The SMILES string of the molecule is CC(C=CC1=C(C)CCCC1(C)C)=CC=CC(C)=CC(=O)Nc1ccc(C(C)C(=O)C(=O)O)cc1. The van der Waals surface area contributed by atoms with Crippen LogP contribution in [0.4, 0.5) is 5.69 Å². The lowest BCUT2D eigenvalue weighted by Crippen LogP contribution is -2.19. The zero-order chi connectivity index (χ0) is 26.2. The molecule has 0 aliphatic heterocycles. The Morgan fingerprint density at radius 2 is 1.71 bits per heavy atom. The molecule has 0 saturated heterocycles. The summed E-state index contributed by atoms with van der Waals surface area (Å²) in [5.74, 6) is -3.33. The maximum Gasteiger partial charge on any atom is 0.372 e. The summed E-state index contributed by atoms with van der Waals surface area (Å²) < 4.78 is 0. The molecule has 1 aromatic rings. The number of amides is 1. The van der Waals surface area contributed by atoms with E-state index < -0.39 is 17.7 Å². The van der Waals surface area contributed by atoms with Gasteiger partial charge in [-0.3, -0.25) is 9.59 Å². The second-order valence-corrected chi connectivity index (χ2v) is 9.93. The van der Waals surface area contributed by atoms with Crippen molar-refractivity contribution in [3.05, 3.63) is 88.6 Å². The molecule has 1 amide bonds. The molecular formula is C30H37NO4. The first-order valence-corrected chi connectivity index (χ1v) is 12.0. The lowest BCUT2D eigenvalue weighted by Gasteiger charge is -2.32. The highest BCUT2D eigenvalue weighted by Crippen LogP contribution is 2.40. The van der Waals surface area contributed by atoms with Crippen molar-refractivity contribution in [3.8, 4) is 0 Å². The highest BCUT2D eigenvalue weighted by atomic mass is 16.4. The summed E-state index contributed by atoms with van der Waals surface area (Å²) in [5.41, 5.74) is 6.22. The average molecular weight is 476 g/mol. The van der Waals surface area contributed by atoms with Crippen LogP contribution in [0.5, 0.6) is 0 Å². The van der Waals surface area contributed by atoms with Crippen molar-refractivity contribution in [2.45, 2.75) is 66.7 Å². The fraction of sp³-hybridized carbons (Fsp3) is 0.367. The van der Waals surface area contributed by atoms with E-state index in [-0.39, 0.29) is 11.3 Å². The summed E-state index contributed by atoms with van der Waals surface area (Å²) in [6.07, 6.45) is 15.4. The number of Topliss-reactive ketones (excluding diaryl/α,β-unsaturated/α-hetero) is 1. The number of benzene rings is 1. The zero-order valence-corrected chi connectivity index (χ0v) is 21.6. The van der Waals surface area contributed by atoms with Gasteiger partial charge in [0.05, 0.1) is 5.92 Å². The molecule has 1 atom stereocenters. The predicted molar refractivity (Wildman–Crippen MR) is 142 cm³/mol. The Bertz CT molecular complexity index is 1110. The van der Waals surface area contributed by atoms with Crippen molar-refractivity contribution < 1.29 is 19.5 Å². The van der Waals surface area contributed by atoms with Crippen molar-refractivity contribution in [2.75, 3.05) is 5.32 Å². The molecule has 0 fully saturated rings. The number of carboxylic acids is 1. The topological polar surface area (TPSA) is 83.5 Å². The summed E-state index contributed by atoms with van der Waals surface area (Å²) in [6, 6.07) is 6.59. The van der Waals surface area contributed by atoms with Crippen LogP contribution in [0, 0.1) is 5.41 Å². The number of carbonyl (C=O) groups excluding carboxylic acids is 2. The van der Waals surface area contributed by atoms with Crippen LogP contribution in [0.1, 0.15) is 72.3 Å². The summed E-state index contributed by atoms with van der Waals surface area (Å²) in [5, 5.41) is 11.6. The number of nitrogens with one attached hydrogen (secondary N) is 1. The van der Waals surface area contributed by atoms with Crippen LogP contribution in [0.3, 0.4) is 0 Å². The monoisotopic (exact) mass is 475 g/mol. The third-order valence-corrected chi connectivity index (χ3v) is 6.41.